The van der Waals surface area contributed by atoms with E-state index in [1.54, 1.807) is 41.8 Å². The van der Waals surface area contributed by atoms with Crippen molar-refractivity contribution < 1.29 is 0 Å². The molecule has 1 aromatic carbocycles. The van der Waals surface area contributed by atoms with Crippen LogP contribution in [0.15, 0.2) is 39.9 Å². The lowest BCUT2D eigenvalue weighted by atomic mass is 10.2. The molecule has 88 valence electrons. The summed E-state index contributed by atoms with van der Waals surface area (Å²) in [6.45, 7) is 4.46. The van der Waals surface area contributed by atoms with Crippen LogP contribution in [0.3, 0.4) is 0 Å². The molecule has 0 bridgehead atoms. The molecular weight excluding hydrogens is 214 g/mol. The number of benzene rings is 1. The summed E-state index contributed by atoms with van der Waals surface area (Å²) >= 11 is 0. The fourth-order valence-corrected chi connectivity index (χ4v) is 2.04. The first kappa shape index (κ1) is 11.6. The Hall–Kier alpha value is -1.90. The molecule has 0 aliphatic carbocycles. The van der Waals surface area contributed by atoms with Crippen LogP contribution < -0.4 is 11.0 Å². The zero-order valence-corrected chi connectivity index (χ0v) is 10.1. The quantitative estimate of drug-likeness (QED) is 0.790. The van der Waals surface area contributed by atoms with Gasteiger partial charge in [-0.2, -0.15) is 0 Å². The largest absolute Gasteiger partial charge is 0.312 e. The lowest BCUT2D eigenvalue weighted by Gasteiger charge is -2.03. The van der Waals surface area contributed by atoms with Crippen LogP contribution in [0.2, 0.25) is 0 Å². The Balaban J connectivity index is 3.01. The normalized spacial score (nSPS) is 10.7. The highest BCUT2D eigenvalue weighted by atomic mass is 16.1. The lowest BCUT2D eigenvalue weighted by Crippen LogP contribution is -2.19. The molecule has 2 aromatic rings. The van der Waals surface area contributed by atoms with Gasteiger partial charge in [-0.15, -0.1) is 0 Å². The van der Waals surface area contributed by atoms with Gasteiger partial charge in [0.2, 0.25) is 0 Å². The van der Waals surface area contributed by atoms with Gasteiger partial charge < -0.3 is 4.57 Å². The zero-order valence-electron chi connectivity index (χ0n) is 10.1. The van der Waals surface area contributed by atoms with E-state index in [-0.39, 0.29) is 11.0 Å². The maximum atomic E-state index is 12.3. The molecule has 0 aliphatic rings. The number of hydrogen-bond acceptors (Lipinski definition) is 2. The Morgan fingerprint density at radius 1 is 1.12 bits per heavy atom. The minimum absolute atomic E-state index is 0.0814. The molecule has 3 heteroatoms. The van der Waals surface area contributed by atoms with E-state index >= 15 is 0 Å². The first-order chi connectivity index (χ1) is 8.15. The fraction of sp³-hybridized carbons (Fsp3) is 0.286. The molecule has 0 unspecified atom stereocenters. The van der Waals surface area contributed by atoms with Gasteiger partial charge in [-0.3, -0.25) is 9.59 Å². The van der Waals surface area contributed by atoms with Gasteiger partial charge in [0.05, 0.1) is 5.39 Å². The molecule has 0 amide bonds. The van der Waals surface area contributed by atoms with E-state index in [0.29, 0.717) is 17.3 Å². The Morgan fingerprint density at radius 3 is 2.41 bits per heavy atom. The Kier molecular flexibility index (Phi) is 3.09. The van der Waals surface area contributed by atoms with Crippen LogP contribution in [0, 0.1) is 6.92 Å². The van der Waals surface area contributed by atoms with E-state index in [2.05, 4.69) is 0 Å². The molecule has 3 nitrogen and oxygen atoms in total. The summed E-state index contributed by atoms with van der Waals surface area (Å²) in [5.41, 5.74) is 0.546. The Bertz CT molecular complexity index is 671. The van der Waals surface area contributed by atoms with E-state index in [0.717, 1.165) is 12.1 Å². The maximum absolute atomic E-state index is 12.3. The van der Waals surface area contributed by atoms with E-state index in [9.17, 15) is 9.59 Å². The molecule has 0 saturated carbocycles. The molecule has 2 rings (SSSR count). The summed E-state index contributed by atoms with van der Waals surface area (Å²) in [5, 5.41) is 0.995. The van der Waals surface area contributed by atoms with Crippen molar-refractivity contribution in [2.24, 2.45) is 0 Å². The molecule has 0 radical (unpaired) electrons. The third kappa shape index (κ3) is 2.00. The van der Waals surface area contributed by atoms with Crippen molar-refractivity contribution in [3.8, 4) is 0 Å². The molecular formula is C14H15NO2. The van der Waals surface area contributed by atoms with Crippen LogP contribution in [0.4, 0.5) is 0 Å². The van der Waals surface area contributed by atoms with Gasteiger partial charge in [0.25, 0.3) is 5.56 Å². The topological polar surface area (TPSA) is 39.1 Å². The molecule has 0 N–H and O–H groups in total. The molecule has 1 aromatic heterocycles. The summed E-state index contributed by atoms with van der Waals surface area (Å²) in [5.74, 6) is 0. The van der Waals surface area contributed by atoms with E-state index in [1.807, 2.05) is 6.92 Å². The number of aryl methyl sites for hydroxylation is 1. The van der Waals surface area contributed by atoms with Gasteiger partial charge in [-0.1, -0.05) is 25.1 Å². The predicted octanol–water partition coefficient (Wildman–Crippen LogP) is 2.08. The van der Waals surface area contributed by atoms with Crippen LogP contribution in [0.1, 0.15) is 19.0 Å². The van der Waals surface area contributed by atoms with Crippen molar-refractivity contribution in [1.29, 1.82) is 0 Å². The van der Waals surface area contributed by atoms with Gasteiger partial charge in [0, 0.05) is 23.7 Å². The molecule has 0 atom stereocenters. The minimum Gasteiger partial charge on any atom is -0.312 e. The van der Waals surface area contributed by atoms with Crippen molar-refractivity contribution >= 4 is 10.8 Å². The van der Waals surface area contributed by atoms with E-state index in [1.165, 1.54) is 0 Å². The number of rotatable bonds is 2. The lowest BCUT2D eigenvalue weighted by molar-refractivity contribution is 0.642. The second-order valence-electron chi connectivity index (χ2n) is 4.15. The number of aromatic nitrogens is 1. The highest BCUT2D eigenvalue weighted by Gasteiger charge is 2.05. The third-order valence-corrected chi connectivity index (χ3v) is 2.88. The number of fused-ring (bicyclic) bond motifs is 1. The summed E-state index contributed by atoms with van der Waals surface area (Å²) in [6.07, 6.45) is 0.868. The monoisotopic (exact) mass is 229 g/mol. The van der Waals surface area contributed by atoms with Crippen LogP contribution >= 0.6 is 0 Å². The van der Waals surface area contributed by atoms with E-state index in [4.69, 9.17) is 0 Å². The molecule has 17 heavy (non-hydrogen) atoms. The van der Waals surface area contributed by atoms with Crippen molar-refractivity contribution in [1.82, 2.24) is 4.57 Å². The Labute approximate surface area is 99.3 Å². The van der Waals surface area contributed by atoms with Gasteiger partial charge in [0.15, 0.2) is 5.43 Å². The average molecular weight is 229 g/mol. The van der Waals surface area contributed by atoms with Crippen molar-refractivity contribution in [2.45, 2.75) is 26.8 Å². The van der Waals surface area contributed by atoms with E-state index < -0.39 is 0 Å². The highest BCUT2D eigenvalue weighted by Crippen LogP contribution is 2.04. The molecule has 0 fully saturated rings. The van der Waals surface area contributed by atoms with Crippen molar-refractivity contribution in [2.75, 3.05) is 0 Å². The summed E-state index contributed by atoms with van der Waals surface area (Å²) in [4.78, 5) is 24.3. The van der Waals surface area contributed by atoms with Gasteiger partial charge in [-0.05, 0) is 19.4 Å². The highest BCUT2D eigenvalue weighted by molar-refractivity contribution is 5.80. The molecule has 0 saturated heterocycles. The second-order valence-corrected chi connectivity index (χ2v) is 4.15. The first-order valence-electron chi connectivity index (χ1n) is 5.78. The smallest absolute Gasteiger partial charge is 0.258 e. The third-order valence-electron chi connectivity index (χ3n) is 2.88. The fourth-order valence-electron chi connectivity index (χ4n) is 2.04. The average Bonchev–Trinajstić information content (AvgIpc) is 2.42. The minimum atomic E-state index is -0.0925. The SMILES string of the molecule is CCCn1c(C)cc(=O)c2ccccc2c1=O. The van der Waals surface area contributed by atoms with Crippen molar-refractivity contribution in [3.63, 3.8) is 0 Å². The van der Waals surface area contributed by atoms with Gasteiger partial charge in [0.1, 0.15) is 0 Å². The standard InChI is InChI=1S/C14H15NO2/c1-3-8-15-10(2)9-13(16)11-6-4-5-7-12(11)14(15)17/h4-7,9H,3,8H2,1-2H3. The second kappa shape index (κ2) is 4.53. The van der Waals surface area contributed by atoms with Crippen molar-refractivity contribution in [3.05, 3.63) is 56.6 Å². The maximum Gasteiger partial charge on any atom is 0.258 e. The summed E-state index contributed by atoms with van der Waals surface area (Å²) < 4.78 is 1.67. The molecule has 1 heterocycles. The molecule has 0 spiro atoms. The molecule has 0 aliphatic heterocycles. The summed E-state index contributed by atoms with van der Waals surface area (Å²) in [6, 6.07) is 8.52. The number of nitrogens with zero attached hydrogens (tertiary/aromatic N) is 1. The summed E-state index contributed by atoms with van der Waals surface area (Å²) in [7, 11) is 0. The van der Waals surface area contributed by atoms with Crippen LogP contribution in [-0.2, 0) is 6.54 Å². The predicted molar refractivity (Wildman–Crippen MR) is 69.5 cm³/mol. The van der Waals surface area contributed by atoms with Gasteiger partial charge >= 0.3 is 0 Å². The van der Waals surface area contributed by atoms with Gasteiger partial charge in [-0.25, -0.2) is 0 Å². The first-order valence-corrected chi connectivity index (χ1v) is 5.78. The van der Waals surface area contributed by atoms with Crippen LogP contribution in [-0.4, -0.2) is 4.57 Å². The Morgan fingerprint density at radius 2 is 1.76 bits per heavy atom. The number of hydrogen-bond donors (Lipinski definition) is 0. The zero-order chi connectivity index (χ0) is 12.4. The van der Waals surface area contributed by atoms with Crippen LogP contribution in [0.5, 0.6) is 0 Å². The van der Waals surface area contributed by atoms with Crippen LogP contribution in [0.25, 0.3) is 10.8 Å².